The first-order valence-electron chi connectivity index (χ1n) is 6.37. The van der Waals surface area contributed by atoms with Gasteiger partial charge in [-0.1, -0.05) is 34.1 Å². The topological polar surface area (TPSA) is 12.0 Å². The van der Waals surface area contributed by atoms with E-state index in [9.17, 15) is 0 Å². The second-order valence-electron chi connectivity index (χ2n) is 4.53. The normalized spacial score (nSPS) is 16.7. The van der Waals surface area contributed by atoms with E-state index in [1.54, 1.807) is 0 Å². The minimum Gasteiger partial charge on any atom is -0.310 e. The molecule has 0 aliphatic rings. The van der Waals surface area contributed by atoms with E-state index in [4.69, 9.17) is 6.42 Å². The van der Waals surface area contributed by atoms with Gasteiger partial charge in [-0.3, -0.25) is 0 Å². The van der Waals surface area contributed by atoms with Gasteiger partial charge in [-0.15, -0.1) is 12.3 Å². The van der Waals surface area contributed by atoms with Gasteiger partial charge in [-0.2, -0.15) is 0 Å². The predicted octanol–water partition coefficient (Wildman–Crippen LogP) is 3.59. The van der Waals surface area contributed by atoms with Crippen molar-refractivity contribution in [1.82, 2.24) is 5.32 Å². The molecule has 1 nitrogen and oxygen atoms in total. The smallest absolute Gasteiger partial charge is 0.0240 e. The molecule has 0 rings (SSSR count). The minimum absolute atomic E-state index is 0.504. The highest BCUT2D eigenvalue weighted by Crippen LogP contribution is 2.13. The maximum absolute atomic E-state index is 5.36. The SMILES string of the molecule is C#CCC(CC)NC(CC)CC(C)CC. The van der Waals surface area contributed by atoms with Crippen LogP contribution in [0.15, 0.2) is 0 Å². The zero-order valence-electron chi connectivity index (χ0n) is 10.8. The van der Waals surface area contributed by atoms with Gasteiger partial charge in [0.25, 0.3) is 0 Å². The fourth-order valence-electron chi connectivity index (χ4n) is 1.80. The zero-order chi connectivity index (χ0) is 11.7. The Kier molecular flexibility index (Phi) is 8.52. The molecule has 0 spiro atoms. The van der Waals surface area contributed by atoms with Gasteiger partial charge in [0.2, 0.25) is 0 Å². The second-order valence-corrected chi connectivity index (χ2v) is 4.53. The van der Waals surface area contributed by atoms with Gasteiger partial charge >= 0.3 is 0 Å². The van der Waals surface area contributed by atoms with Crippen LogP contribution >= 0.6 is 0 Å². The van der Waals surface area contributed by atoms with Crippen LogP contribution in [0.5, 0.6) is 0 Å². The molecule has 88 valence electrons. The largest absolute Gasteiger partial charge is 0.310 e. The molecule has 0 radical (unpaired) electrons. The maximum atomic E-state index is 5.36. The molecule has 0 fully saturated rings. The second kappa shape index (κ2) is 8.80. The monoisotopic (exact) mass is 209 g/mol. The van der Waals surface area contributed by atoms with Crippen molar-refractivity contribution >= 4 is 0 Å². The Balaban J connectivity index is 4.01. The van der Waals surface area contributed by atoms with Gasteiger partial charge in [-0.05, 0) is 25.2 Å². The van der Waals surface area contributed by atoms with E-state index in [0.717, 1.165) is 18.8 Å². The van der Waals surface area contributed by atoms with Gasteiger partial charge in [0.05, 0.1) is 0 Å². The van der Waals surface area contributed by atoms with Crippen molar-refractivity contribution in [1.29, 1.82) is 0 Å². The van der Waals surface area contributed by atoms with Crippen molar-refractivity contribution in [3.8, 4) is 12.3 Å². The summed E-state index contributed by atoms with van der Waals surface area (Å²) < 4.78 is 0. The summed E-state index contributed by atoms with van der Waals surface area (Å²) in [6, 6.07) is 1.14. The quantitative estimate of drug-likeness (QED) is 0.602. The third kappa shape index (κ3) is 6.57. The van der Waals surface area contributed by atoms with E-state index in [0.29, 0.717) is 12.1 Å². The maximum Gasteiger partial charge on any atom is 0.0240 e. The zero-order valence-corrected chi connectivity index (χ0v) is 10.8. The number of terminal acetylenes is 1. The summed E-state index contributed by atoms with van der Waals surface area (Å²) in [5, 5.41) is 3.68. The lowest BCUT2D eigenvalue weighted by Gasteiger charge is -2.25. The van der Waals surface area contributed by atoms with Crippen molar-refractivity contribution < 1.29 is 0 Å². The highest BCUT2D eigenvalue weighted by molar-refractivity contribution is 4.90. The summed E-state index contributed by atoms with van der Waals surface area (Å²) in [4.78, 5) is 0. The standard InChI is InChI=1S/C14H27N/c1-6-10-13(8-3)15-14(9-4)11-12(5)7-2/h1,12-15H,7-11H2,2-5H3. The molecule has 0 aromatic heterocycles. The molecule has 0 aliphatic heterocycles. The average molecular weight is 209 g/mol. The molecule has 0 bridgehead atoms. The lowest BCUT2D eigenvalue weighted by Crippen LogP contribution is -2.38. The Labute approximate surface area is 96.0 Å². The third-order valence-electron chi connectivity index (χ3n) is 3.21. The molecule has 0 saturated heterocycles. The summed E-state index contributed by atoms with van der Waals surface area (Å²) in [7, 11) is 0. The Morgan fingerprint density at radius 2 is 1.67 bits per heavy atom. The Bertz CT molecular complexity index is 180. The van der Waals surface area contributed by atoms with E-state index >= 15 is 0 Å². The molecule has 0 heterocycles. The fourth-order valence-corrected chi connectivity index (χ4v) is 1.80. The van der Waals surface area contributed by atoms with Crippen LogP contribution < -0.4 is 5.32 Å². The van der Waals surface area contributed by atoms with Crippen LogP contribution in [-0.4, -0.2) is 12.1 Å². The number of rotatable bonds is 8. The Morgan fingerprint density at radius 3 is 2.07 bits per heavy atom. The first-order valence-corrected chi connectivity index (χ1v) is 6.37. The van der Waals surface area contributed by atoms with Crippen molar-refractivity contribution in [2.24, 2.45) is 5.92 Å². The van der Waals surface area contributed by atoms with E-state index in [1.165, 1.54) is 19.3 Å². The van der Waals surface area contributed by atoms with Crippen LogP contribution in [0.2, 0.25) is 0 Å². The summed E-state index contributed by atoms with van der Waals surface area (Å²) >= 11 is 0. The van der Waals surface area contributed by atoms with E-state index in [-0.39, 0.29) is 0 Å². The summed E-state index contributed by atoms with van der Waals surface area (Å²) in [6.45, 7) is 9.04. The average Bonchev–Trinajstić information content (AvgIpc) is 2.26. The van der Waals surface area contributed by atoms with Crippen LogP contribution in [0, 0.1) is 18.3 Å². The van der Waals surface area contributed by atoms with Crippen LogP contribution in [-0.2, 0) is 0 Å². The first kappa shape index (κ1) is 14.5. The molecular formula is C14H27N. The molecule has 0 aliphatic carbocycles. The Hall–Kier alpha value is -0.480. The summed E-state index contributed by atoms with van der Waals surface area (Å²) in [5.41, 5.74) is 0. The van der Waals surface area contributed by atoms with Gasteiger partial charge in [-0.25, -0.2) is 0 Å². The van der Waals surface area contributed by atoms with Crippen molar-refractivity contribution in [3.05, 3.63) is 0 Å². The molecule has 15 heavy (non-hydrogen) atoms. The van der Waals surface area contributed by atoms with Gasteiger partial charge < -0.3 is 5.32 Å². The van der Waals surface area contributed by atoms with Crippen molar-refractivity contribution in [2.75, 3.05) is 0 Å². The molecule has 0 amide bonds. The van der Waals surface area contributed by atoms with Gasteiger partial charge in [0.1, 0.15) is 0 Å². The van der Waals surface area contributed by atoms with Crippen LogP contribution in [0.25, 0.3) is 0 Å². The third-order valence-corrected chi connectivity index (χ3v) is 3.21. The fraction of sp³-hybridized carbons (Fsp3) is 0.857. The van der Waals surface area contributed by atoms with E-state index in [1.807, 2.05) is 0 Å². The van der Waals surface area contributed by atoms with Crippen LogP contribution in [0.3, 0.4) is 0 Å². The summed E-state index contributed by atoms with van der Waals surface area (Å²) in [5.74, 6) is 3.56. The van der Waals surface area contributed by atoms with E-state index < -0.39 is 0 Å². The molecule has 0 saturated carbocycles. The van der Waals surface area contributed by atoms with Crippen molar-refractivity contribution in [2.45, 2.75) is 71.9 Å². The highest BCUT2D eigenvalue weighted by Gasteiger charge is 2.13. The molecule has 3 unspecified atom stereocenters. The molecule has 1 N–H and O–H groups in total. The Morgan fingerprint density at radius 1 is 1.07 bits per heavy atom. The first-order chi connectivity index (χ1) is 7.17. The van der Waals surface area contributed by atoms with E-state index in [2.05, 4.69) is 38.9 Å². The van der Waals surface area contributed by atoms with Crippen molar-refractivity contribution in [3.63, 3.8) is 0 Å². The number of hydrogen-bond donors (Lipinski definition) is 1. The van der Waals surface area contributed by atoms with Gasteiger partial charge in [0.15, 0.2) is 0 Å². The van der Waals surface area contributed by atoms with Crippen LogP contribution in [0.1, 0.15) is 59.8 Å². The lowest BCUT2D eigenvalue weighted by molar-refractivity contribution is 0.344. The summed E-state index contributed by atoms with van der Waals surface area (Å²) in [6.07, 6.45) is 11.1. The lowest BCUT2D eigenvalue weighted by atomic mass is 9.96. The molecule has 1 heteroatoms. The molecule has 0 aromatic rings. The minimum atomic E-state index is 0.504. The molecular weight excluding hydrogens is 182 g/mol. The molecule has 3 atom stereocenters. The predicted molar refractivity (Wildman–Crippen MR) is 68.8 cm³/mol. The molecule has 0 aromatic carbocycles. The van der Waals surface area contributed by atoms with Crippen LogP contribution in [0.4, 0.5) is 0 Å². The number of nitrogens with one attached hydrogen (secondary N) is 1. The number of hydrogen-bond acceptors (Lipinski definition) is 1. The van der Waals surface area contributed by atoms with Gasteiger partial charge in [0, 0.05) is 18.5 Å². The highest BCUT2D eigenvalue weighted by atomic mass is 14.9.